The summed E-state index contributed by atoms with van der Waals surface area (Å²) < 4.78 is 16.9. The second-order valence-electron chi connectivity index (χ2n) is 8.22. The SMILES string of the molecule is CCn1c(Nc2ccc(-c3ccc(C(=O)[C@H]4C[C@@H]4C(=O)O)cc3)cc2F)nc2ccccc21. The Balaban J connectivity index is 1.35. The van der Waals surface area contributed by atoms with Gasteiger partial charge in [0.15, 0.2) is 5.78 Å². The Hall–Kier alpha value is -4.00. The predicted molar refractivity (Wildman–Crippen MR) is 124 cm³/mol. The maximum atomic E-state index is 14.9. The van der Waals surface area contributed by atoms with Crippen molar-refractivity contribution in [1.29, 1.82) is 0 Å². The molecule has 1 aliphatic rings. The number of para-hydroxylation sites is 2. The zero-order valence-electron chi connectivity index (χ0n) is 18.0. The Morgan fingerprint density at radius 1 is 1.06 bits per heavy atom. The van der Waals surface area contributed by atoms with Gasteiger partial charge in [-0.1, -0.05) is 42.5 Å². The number of aryl methyl sites for hydroxylation is 1. The summed E-state index contributed by atoms with van der Waals surface area (Å²) in [5.74, 6) is -1.93. The third kappa shape index (κ3) is 3.86. The molecule has 166 valence electrons. The van der Waals surface area contributed by atoms with E-state index in [9.17, 15) is 14.0 Å². The summed E-state index contributed by atoms with van der Waals surface area (Å²) in [4.78, 5) is 28.0. The Kier molecular flexibility index (Phi) is 5.17. The van der Waals surface area contributed by atoms with Crippen molar-refractivity contribution in [1.82, 2.24) is 9.55 Å². The van der Waals surface area contributed by atoms with Gasteiger partial charge >= 0.3 is 5.97 Å². The third-order valence-corrected chi connectivity index (χ3v) is 6.13. The average Bonchev–Trinajstić information content (AvgIpc) is 3.55. The standard InChI is InChI=1S/C26H22FN3O3/c1-2-30-23-6-4-3-5-22(23)29-26(30)28-21-12-11-17(13-20(21)27)15-7-9-16(10-8-15)24(31)18-14-19(18)25(32)33/h3-13,18-19H,2,14H2,1H3,(H,28,29)(H,32,33)/t18-,19-/m0/s1. The minimum absolute atomic E-state index is 0.154. The molecular weight excluding hydrogens is 421 g/mol. The normalized spacial score (nSPS) is 17.2. The van der Waals surface area contributed by atoms with Gasteiger partial charge in [-0.25, -0.2) is 9.37 Å². The van der Waals surface area contributed by atoms with Gasteiger partial charge in [0.1, 0.15) is 5.82 Å². The highest BCUT2D eigenvalue weighted by molar-refractivity contribution is 6.03. The number of hydrogen-bond donors (Lipinski definition) is 2. The average molecular weight is 443 g/mol. The first-order valence-electron chi connectivity index (χ1n) is 10.9. The second kappa shape index (κ2) is 8.16. The molecule has 6 nitrogen and oxygen atoms in total. The van der Waals surface area contributed by atoms with Crippen LogP contribution in [0.25, 0.3) is 22.2 Å². The van der Waals surface area contributed by atoms with Crippen molar-refractivity contribution < 1.29 is 19.1 Å². The summed E-state index contributed by atoms with van der Waals surface area (Å²) >= 11 is 0. The van der Waals surface area contributed by atoms with E-state index in [0.717, 1.165) is 16.6 Å². The van der Waals surface area contributed by atoms with Gasteiger partial charge in [-0.15, -0.1) is 0 Å². The number of rotatable bonds is 7. The lowest BCUT2D eigenvalue weighted by Crippen LogP contribution is -2.08. The molecular formula is C26H22FN3O3. The molecule has 0 aliphatic heterocycles. The van der Waals surface area contributed by atoms with E-state index >= 15 is 0 Å². The van der Waals surface area contributed by atoms with Crippen LogP contribution in [-0.2, 0) is 11.3 Å². The van der Waals surface area contributed by atoms with E-state index in [1.807, 2.05) is 41.8 Å². The van der Waals surface area contributed by atoms with Gasteiger partial charge in [0.25, 0.3) is 0 Å². The first-order valence-corrected chi connectivity index (χ1v) is 10.9. The molecule has 1 heterocycles. The van der Waals surface area contributed by atoms with Crippen LogP contribution in [0.15, 0.2) is 66.7 Å². The lowest BCUT2D eigenvalue weighted by Gasteiger charge is -2.11. The van der Waals surface area contributed by atoms with E-state index in [4.69, 9.17) is 5.11 Å². The topological polar surface area (TPSA) is 84.2 Å². The summed E-state index contributed by atoms with van der Waals surface area (Å²) in [6.45, 7) is 2.71. The molecule has 0 bridgehead atoms. The van der Waals surface area contributed by atoms with Gasteiger partial charge in [-0.2, -0.15) is 0 Å². The summed E-state index contributed by atoms with van der Waals surface area (Å²) in [5.41, 5.74) is 4.07. The fraction of sp³-hybridized carbons (Fsp3) is 0.192. The number of carbonyl (C=O) groups excluding carboxylic acids is 1. The number of Topliss-reactive ketones (excluding diaryl/α,β-unsaturated/α-hetero) is 1. The molecule has 0 saturated heterocycles. The molecule has 0 radical (unpaired) electrons. The number of anilines is 2. The lowest BCUT2D eigenvalue weighted by atomic mass is 10.00. The van der Waals surface area contributed by atoms with Crippen LogP contribution in [0, 0.1) is 17.7 Å². The molecule has 0 spiro atoms. The van der Waals surface area contributed by atoms with Crippen molar-refractivity contribution in [3.8, 4) is 11.1 Å². The molecule has 3 aromatic carbocycles. The van der Waals surface area contributed by atoms with Crippen LogP contribution in [0.3, 0.4) is 0 Å². The van der Waals surface area contributed by atoms with Crippen LogP contribution in [-0.4, -0.2) is 26.4 Å². The smallest absolute Gasteiger partial charge is 0.307 e. The zero-order valence-corrected chi connectivity index (χ0v) is 18.0. The Morgan fingerprint density at radius 3 is 2.45 bits per heavy atom. The van der Waals surface area contributed by atoms with Gasteiger partial charge in [0, 0.05) is 18.0 Å². The Labute approximate surface area is 189 Å². The largest absolute Gasteiger partial charge is 0.481 e. The molecule has 4 aromatic rings. The second-order valence-corrected chi connectivity index (χ2v) is 8.22. The van der Waals surface area contributed by atoms with E-state index in [-0.39, 0.29) is 5.78 Å². The van der Waals surface area contributed by atoms with Crippen LogP contribution in [0.4, 0.5) is 16.0 Å². The monoisotopic (exact) mass is 443 g/mol. The number of carboxylic acid groups (broad SMARTS) is 1. The van der Waals surface area contributed by atoms with Crippen LogP contribution >= 0.6 is 0 Å². The maximum absolute atomic E-state index is 14.9. The fourth-order valence-electron chi connectivity index (χ4n) is 4.21. The van der Waals surface area contributed by atoms with E-state index in [1.54, 1.807) is 30.3 Å². The molecule has 2 atom stereocenters. The molecule has 0 amide bonds. The van der Waals surface area contributed by atoms with E-state index in [1.165, 1.54) is 6.07 Å². The zero-order chi connectivity index (χ0) is 23.1. The molecule has 2 N–H and O–H groups in total. The molecule has 5 rings (SSSR count). The van der Waals surface area contributed by atoms with Crippen molar-refractivity contribution in [3.05, 3.63) is 78.1 Å². The van der Waals surface area contributed by atoms with E-state index in [0.29, 0.717) is 35.7 Å². The number of fused-ring (bicyclic) bond motifs is 1. The van der Waals surface area contributed by atoms with Gasteiger partial charge in [0.05, 0.1) is 22.6 Å². The lowest BCUT2D eigenvalue weighted by molar-refractivity contribution is -0.138. The molecule has 1 fully saturated rings. The number of aliphatic carboxylic acids is 1. The maximum Gasteiger partial charge on any atom is 0.307 e. The van der Waals surface area contributed by atoms with Crippen molar-refractivity contribution >= 4 is 34.4 Å². The Bertz CT molecular complexity index is 1380. The van der Waals surface area contributed by atoms with Crippen LogP contribution in [0.5, 0.6) is 0 Å². The van der Waals surface area contributed by atoms with Crippen molar-refractivity contribution in [2.45, 2.75) is 19.9 Å². The molecule has 1 aliphatic carbocycles. The van der Waals surface area contributed by atoms with Crippen molar-refractivity contribution in [3.63, 3.8) is 0 Å². The fourth-order valence-corrected chi connectivity index (χ4v) is 4.21. The number of aromatic nitrogens is 2. The van der Waals surface area contributed by atoms with Crippen molar-refractivity contribution in [2.24, 2.45) is 11.8 Å². The molecule has 0 unspecified atom stereocenters. The van der Waals surface area contributed by atoms with Gasteiger partial charge < -0.3 is 15.0 Å². The number of imidazole rings is 1. The number of nitrogens with one attached hydrogen (secondary N) is 1. The number of benzene rings is 3. The van der Waals surface area contributed by atoms with Gasteiger partial charge in [-0.3, -0.25) is 9.59 Å². The number of hydrogen-bond acceptors (Lipinski definition) is 4. The summed E-state index contributed by atoms with van der Waals surface area (Å²) in [5, 5.41) is 12.1. The van der Waals surface area contributed by atoms with E-state index in [2.05, 4.69) is 10.3 Å². The molecule has 33 heavy (non-hydrogen) atoms. The number of carboxylic acids is 1. The van der Waals surface area contributed by atoms with Gasteiger partial charge in [0.2, 0.25) is 5.95 Å². The van der Waals surface area contributed by atoms with Crippen molar-refractivity contribution in [2.75, 3.05) is 5.32 Å². The highest BCUT2D eigenvalue weighted by Crippen LogP contribution is 2.41. The number of nitrogens with zero attached hydrogens (tertiary/aromatic N) is 2. The minimum Gasteiger partial charge on any atom is -0.481 e. The predicted octanol–water partition coefficient (Wildman–Crippen LogP) is 5.51. The summed E-state index contributed by atoms with van der Waals surface area (Å²) in [7, 11) is 0. The van der Waals surface area contributed by atoms with Crippen LogP contribution < -0.4 is 5.32 Å². The first kappa shape index (κ1) is 20.9. The third-order valence-electron chi connectivity index (χ3n) is 6.13. The number of carbonyl (C=O) groups is 2. The highest BCUT2D eigenvalue weighted by atomic mass is 19.1. The highest BCUT2D eigenvalue weighted by Gasteiger charge is 2.48. The van der Waals surface area contributed by atoms with E-state index < -0.39 is 23.6 Å². The van der Waals surface area contributed by atoms with Crippen LogP contribution in [0.2, 0.25) is 0 Å². The molecule has 7 heteroatoms. The minimum atomic E-state index is -0.927. The molecule has 1 aromatic heterocycles. The molecule has 1 saturated carbocycles. The number of ketones is 1. The van der Waals surface area contributed by atoms with Crippen LogP contribution in [0.1, 0.15) is 23.7 Å². The Morgan fingerprint density at radius 2 is 1.79 bits per heavy atom. The summed E-state index contributed by atoms with van der Waals surface area (Å²) in [6.07, 6.45) is 0.390. The van der Waals surface area contributed by atoms with Gasteiger partial charge in [-0.05, 0) is 48.7 Å². The first-order chi connectivity index (χ1) is 16.0. The summed E-state index contributed by atoms with van der Waals surface area (Å²) in [6, 6.07) is 19.5. The quantitative estimate of drug-likeness (QED) is 0.368. The number of halogens is 1.